The van der Waals surface area contributed by atoms with Crippen LogP contribution >= 0.6 is 0 Å². The van der Waals surface area contributed by atoms with Crippen LogP contribution in [0.1, 0.15) is 43.9 Å². The molecule has 0 spiro atoms. The molecule has 0 saturated carbocycles. The Morgan fingerprint density at radius 1 is 0.889 bits per heavy atom. The number of rotatable bonds is 7. The Labute approximate surface area is 161 Å². The molecule has 0 radical (unpaired) electrons. The molecule has 0 amide bonds. The molecule has 8 heteroatoms. The Balaban J connectivity index is 2.29. The summed E-state index contributed by atoms with van der Waals surface area (Å²) in [5.74, 6) is 0.754. The van der Waals surface area contributed by atoms with Gasteiger partial charge in [0.1, 0.15) is 5.75 Å². The summed E-state index contributed by atoms with van der Waals surface area (Å²) in [4.78, 5) is 0.352. The molecule has 0 fully saturated rings. The van der Waals surface area contributed by atoms with E-state index < -0.39 is 25.9 Å². The average Bonchev–Trinajstić information content (AvgIpc) is 2.60. The van der Waals surface area contributed by atoms with Gasteiger partial charge in [-0.15, -0.1) is 0 Å². The van der Waals surface area contributed by atoms with Crippen molar-refractivity contribution in [2.24, 2.45) is 0 Å². The molecule has 0 bridgehead atoms. The first-order chi connectivity index (χ1) is 12.5. The first-order valence-electron chi connectivity index (χ1n) is 8.46. The molecule has 148 valence electrons. The van der Waals surface area contributed by atoms with Crippen LogP contribution in [0.25, 0.3) is 0 Å². The van der Waals surface area contributed by atoms with Gasteiger partial charge in [0.15, 0.2) is 9.84 Å². The monoisotopic (exact) mass is 411 g/mol. The van der Waals surface area contributed by atoms with Gasteiger partial charge < -0.3 is 4.74 Å². The molecule has 1 atom stereocenters. The standard InChI is InChI=1S/C19H25NO5S2/c1-13(2)18-12-17(10-11-19(18)25-4)27(23,24)20-14(3)15-6-8-16(9-7-15)26(5,21)22/h6-14,20H,1-5H3. The summed E-state index contributed by atoms with van der Waals surface area (Å²) >= 11 is 0. The molecular formula is C19H25NO5S2. The first-order valence-corrected chi connectivity index (χ1v) is 11.8. The summed E-state index contributed by atoms with van der Waals surface area (Å²) in [5.41, 5.74) is 1.48. The minimum atomic E-state index is -3.75. The Bertz CT molecular complexity index is 1010. The second-order valence-corrected chi connectivity index (χ2v) is 10.5. The highest BCUT2D eigenvalue weighted by atomic mass is 32.2. The normalized spacial score (nSPS) is 13.6. The molecule has 0 aliphatic heterocycles. The maximum absolute atomic E-state index is 12.8. The third kappa shape index (κ3) is 5.09. The molecule has 0 aliphatic carbocycles. The molecule has 0 aromatic heterocycles. The zero-order valence-corrected chi connectivity index (χ0v) is 17.7. The molecule has 2 rings (SSSR count). The zero-order valence-electron chi connectivity index (χ0n) is 16.1. The van der Waals surface area contributed by atoms with Crippen molar-refractivity contribution in [1.82, 2.24) is 4.72 Å². The number of ether oxygens (including phenoxy) is 1. The van der Waals surface area contributed by atoms with Gasteiger partial charge in [0.25, 0.3) is 0 Å². The van der Waals surface area contributed by atoms with Crippen LogP contribution in [0.3, 0.4) is 0 Å². The van der Waals surface area contributed by atoms with Crippen LogP contribution in [0.2, 0.25) is 0 Å². The van der Waals surface area contributed by atoms with E-state index in [1.54, 1.807) is 38.3 Å². The highest BCUT2D eigenvalue weighted by Gasteiger charge is 2.21. The second kappa shape index (κ2) is 8.00. The molecule has 27 heavy (non-hydrogen) atoms. The van der Waals surface area contributed by atoms with E-state index in [-0.39, 0.29) is 15.7 Å². The van der Waals surface area contributed by atoms with Gasteiger partial charge in [-0.2, -0.15) is 0 Å². The summed E-state index contributed by atoms with van der Waals surface area (Å²) in [6.07, 6.45) is 1.13. The van der Waals surface area contributed by atoms with Crippen molar-refractivity contribution in [2.45, 2.75) is 42.5 Å². The zero-order chi connectivity index (χ0) is 20.4. The number of sulfonamides is 1. The number of methoxy groups -OCH3 is 1. The Hall–Kier alpha value is -1.90. The summed E-state index contributed by atoms with van der Waals surface area (Å²) in [6.45, 7) is 5.64. The lowest BCUT2D eigenvalue weighted by atomic mass is 10.0. The van der Waals surface area contributed by atoms with E-state index in [2.05, 4.69) is 4.72 Å². The molecule has 0 aliphatic rings. The largest absolute Gasteiger partial charge is 0.496 e. The van der Waals surface area contributed by atoms with Crippen molar-refractivity contribution in [3.63, 3.8) is 0 Å². The smallest absolute Gasteiger partial charge is 0.241 e. The van der Waals surface area contributed by atoms with E-state index in [0.29, 0.717) is 11.3 Å². The first kappa shape index (κ1) is 21.4. The molecule has 0 heterocycles. The summed E-state index contributed by atoms with van der Waals surface area (Å²) in [5, 5.41) is 0. The predicted molar refractivity (Wildman–Crippen MR) is 105 cm³/mol. The van der Waals surface area contributed by atoms with Crippen molar-refractivity contribution >= 4 is 19.9 Å². The maximum atomic E-state index is 12.8. The van der Waals surface area contributed by atoms with Crippen LogP contribution in [0, 0.1) is 0 Å². The lowest BCUT2D eigenvalue weighted by Gasteiger charge is -2.17. The number of benzene rings is 2. The summed E-state index contributed by atoms with van der Waals surface area (Å²) in [6, 6.07) is 10.4. The van der Waals surface area contributed by atoms with Gasteiger partial charge in [0.2, 0.25) is 10.0 Å². The van der Waals surface area contributed by atoms with Crippen LogP contribution in [0.4, 0.5) is 0 Å². The quantitative estimate of drug-likeness (QED) is 0.755. The highest BCUT2D eigenvalue weighted by Crippen LogP contribution is 2.29. The van der Waals surface area contributed by atoms with Crippen LogP contribution in [-0.2, 0) is 19.9 Å². The van der Waals surface area contributed by atoms with Crippen molar-refractivity contribution in [2.75, 3.05) is 13.4 Å². The molecule has 1 unspecified atom stereocenters. The lowest BCUT2D eigenvalue weighted by molar-refractivity contribution is 0.407. The molecular weight excluding hydrogens is 386 g/mol. The van der Waals surface area contributed by atoms with E-state index in [0.717, 1.165) is 11.8 Å². The number of sulfone groups is 1. The minimum absolute atomic E-state index is 0.107. The van der Waals surface area contributed by atoms with Gasteiger partial charge in [-0.25, -0.2) is 21.6 Å². The Morgan fingerprint density at radius 3 is 1.93 bits per heavy atom. The van der Waals surface area contributed by atoms with Gasteiger partial charge in [0, 0.05) is 12.3 Å². The van der Waals surface area contributed by atoms with Gasteiger partial charge in [-0.1, -0.05) is 26.0 Å². The molecule has 6 nitrogen and oxygen atoms in total. The maximum Gasteiger partial charge on any atom is 0.241 e. The van der Waals surface area contributed by atoms with E-state index in [1.165, 1.54) is 18.2 Å². The van der Waals surface area contributed by atoms with Crippen molar-refractivity contribution in [3.05, 3.63) is 53.6 Å². The van der Waals surface area contributed by atoms with Crippen LogP contribution in [0.5, 0.6) is 5.75 Å². The Kier molecular flexibility index (Phi) is 6.34. The van der Waals surface area contributed by atoms with E-state index in [4.69, 9.17) is 4.74 Å². The van der Waals surface area contributed by atoms with Gasteiger partial charge in [-0.3, -0.25) is 0 Å². The predicted octanol–water partition coefficient (Wildman–Crippen LogP) is 3.26. The average molecular weight is 412 g/mol. The third-order valence-electron chi connectivity index (χ3n) is 4.27. The topological polar surface area (TPSA) is 89.5 Å². The van der Waals surface area contributed by atoms with E-state index >= 15 is 0 Å². The van der Waals surface area contributed by atoms with Crippen molar-refractivity contribution in [1.29, 1.82) is 0 Å². The molecule has 2 aromatic rings. The highest BCUT2D eigenvalue weighted by molar-refractivity contribution is 7.90. The summed E-state index contributed by atoms with van der Waals surface area (Å²) < 4.78 is 56.6. The molecule has 0 saturated heterocycles. The van der Waals surface area contributed by atoms with Crippen LogP contribution in [-0.4, -0.2) is 30.2 Å². The minimum Gasteiger partial charge on any atom is -0.496 e. The summed E-state index contributed by atoms with van der Waals surface area (Å²) in [7, 11) is -5.49. The van der Waals surface area contributed by atoms with Gasteiger partial charge in [0.05, 0.1) is 16.9 Å². The fourth-order valence-electron chi connectivity index (χ4n) is 2.70. The lowest BCUT2D eigenvalue weighted by Crippen LogP contribution is -2.27. The SMILES string of the molecule is COc1ccc(S(=O)(=O)NC(C)c2ccc(S(C)(=O)=O)cc2)cc1C(C)C. The van der Waals surface area contributed by atoms with Crippen LogP contribution < -0.4 is 9.46 Å². The molecule has 1 N–H and O–H groups in total. The van der Waals surface area contributed by atoms with E-state index in [9.17, 15) is 16.8 Å². The fraction of sp³-hybridized carbons (Fsp3) is 0.368. The Morgan fingerprint density at radius 2 is 1.44 bits per heavy atom. The van der Waals surface area contributed by atoms with E-state index in [1.807, 2.05) is 13.8 Å². The fourth-order valence-corrected chi connectivity index (χ4v) is 4.60. The number of hydrogen-bond donors (Lipinski definition) is 1. The van der Waals surface area contributed by atoms with Gasteiger partial charge >= 0.3 is 0 Å². The molecule has 2 aromatic carbocycles. The van der Waals surface area contributed by atoms with Crippen molar-refractivity contribution in [3.8, 4) is 5.75 Å². The van der Waals surface area contributed by atoms with Crippen molar-refractivity contribution < 1.29 is 21.6 Å². The number of hydrogen-bond acceptors (Lipinski definition) is 5. The third-order valence-corrected chi connectivity index (χ3v) is 6.94. The number of nitrogens with one attached hydrogen (secondary N) is 1. The second-order valence-electron chi connectivity index (χ2n) is 6.74. The van der Waals surface area contributed by atoms with Gasteiger partial charge in [-0.05, 0) is 54.3 Å². The van der Waals surface area contributed by atoms with Crippen LogP contribution in [0.15, 0.2) is 52.3 Å².